The van der Waals surface area contributed by atoms with Gasteiger partial charge in [0, 0.05) is 17.7 Å². The van der Waals surface area contributed by atoms with Crippen LogP contribution in [0.1, 0.15) is 36.4 Å². The number of para-hydroxylation sites is 2. The smallest absolute Gasteiger partial charge is 0.163 e. The van der Waals surface area contributed by atoms with E-state index in [1.54, 1.807) is 0 Å². The van der Waals surface area contributed by atoms with Crippen LogP contribution < -0.4 is 10.6 Å². The van der Waals surface area contributed by atoms with Crippen molar-refractivity contribution < 1.29 is 4.79 Å². The topological polar surface area (TPSA) is 41.1 Å². The maximum atomic E-state index is 12.6. The van der Waals surface area contributed by atoms with E-state index in [9.17, 15) is 4.79 Å². The van der Waals surface area contributed by atoms with Crippen molar-refractivity contribution in [3.05, 3.63) is 70.9 Å². The highest BCUT2D eigenvalue weighted by Crippen LogP contribution is 2.40. The number of hydrogen-bond acceptors (Lipinski definition) is 3. The van der Waals surface area contributed by atoms with Gasteiger partial charge in [-0.05, 0) is 37.5 Å². The predicted octanol–water partition coefficient (Wildman–Crippen LogP) is 4.58. The molecule has 2 aliphatic rings. The van der Waals surface area contributed by atoms with Crippen LogP contribution in [-0.4, -0.2) is 5.78 Å². The molecule has 2 N–H and O–H groups in total. The molecule has 0 aromatic heterocycles. The fraction of sp³-hybridized carbons (Fsp3) is 0.250. The Labute approximate surface area is 136 Å². The van der Waals surface area contributed by atoms with Gasteiger partial charge in [-0.1, -0.05) is 42.0 Å². The molecule has 1 aliphatic heterocycles. The monoisotopic (exact) mass is 304 g/mol. The van der Waals surface area contributed by atoms with Gasteiger partial charge in [0.1, 0.15) is 0 Å². The van der Waals surface area contributed by atoms with Gasteiger partial charge in [0.2, 0.25) is 0 Å². The molecule has 116 valence electrons. The summed E-state index contributed by atoms with van der Waals surface area (Å²) in [5.74, 6) is 0.254. The number of Topliss-reactive ketones (excluding diaryl/α,β-unsaturated/α-hetero) is 1. The van der Waals surface area contributed by atoms with E-state index in [2.05, 4.69) is 54.0 Å². The molecular formula is C20H20N2O. The van der Waals surface area contributed by atoms with E-state index in [-0.39, 0.29) is 11.8 Å². The molecule has 0 bridgehead atoms. The Morgan fingerprint density at radius 2 is 1.70 bits per heavy atom. The van der Waals surface area contributed by atoms with Crippen LogP contribution in [-0.2, 0) is 4.79 Å². The summed E-state index contributed by atoms with van der Waals surface area (Å²) < 4.78 is 0. The number of carbonyl (C=O) groups is 1. The van der Waals surface area contributed by atoms with E-state index in [0.29, 0.717) is 6.42 Å². The summed E-state index contributed by atoms with van der Waals surface area (Å²) in [4.78, 5) is 12.6. The Kier molecular flexibility index (Phi) is 3.41. The fourth-order valence-corrected chi connectivity index (χ4v) is 3.45. The molecule has 0 unspecified atom stereocenters. The average Bonchev–Trinajstić information content (AvgIpc) is 2.73. The van der Waals surface area contributed by atoms with Crippen molar-refractivity contribution >= 4 is 17.2 Å². The van der Waals surface area contributed by atoms with Crippen LogP contribution in [0.4, 0.5) is 11.4 Å². The molecule has 0 amide bonds. The van der Waals surface area contributed by atoms with Crippen molar-refractivity contribution in [2.45, 2.75) is 32.2 Å². The number of aryl methyl sites for hydroxylation is 1. The Balaban J connectivity index is 1.86. The van der Waals surface area contributed by atoms with Gasteiger partial charge >= 0.3 is 0 Å². The lowest BCUT2D eigenvalue weighted by Gasteiger charge is -2.25. The number of hydrogen-bond donors (Lipinski definition) is 2. The number of fused-ring (bicyclic) bond motifs is 1. The Bertz CT molecular complexity index is 790. The average molecular weight is 304 g/mol. The second kappa shape index (κ2) is 5.58. The quantitative estimate of drug-likeness (QED) is 0.810. The maximum absolute atomic E-state index is 12.6. The summed E-state index contributed by atoms with van der Waals surface area (Å²) in [6.45, 7) is 2.08. The number of benzene rings is 2. The van der Waals surface area contributed by atoms with Gasteiger partial charge in [-0.15, -0.1) is 0 Å². The van der Waals surface area contributed by atoms with Crippen LogP contribution in [0.3, 0.4) is 0 Å². The molecular weight excluding hydrogens is 284 g/mol. The lowest BCUT2D eigenvalue weighted by atomic mass is 9.86. The SMILES string of the molecule is Cc1ccc([C@H]2Nc3ccccc3NC3=C2C(=O)CCC3)cc1. The molecule has 0 saturated carbocycles. The Morgan fingerprint density at radius 3 is 2.48 bits per heavy atom. The van der Waals surface area contributed by atoms with Gasteiger partial charge in [0.05, 0.1) is 17.4 Å². The third kappa shape index (κ3) is 2.52. The zero-order valence-electron chi connectivity index (χ0n) is 13.2. The van der Waals surface area contributed by atoms with Crippen LogP contribution in [0.25, 0.3) is 0 Å². The summed E-state index contributed by atoms with van der Waals surface area (Å²) in [5, 5.41) is 7.08. The first-order chi connectivity index (χ1) is 11.2. The summed E-state index contributed by atoms with van der Waals surface area (Å²) in [6.07, 6.45) is 2.49. The van der Waals surface area contributed by atoms with E-state index in [0.717, 1.165) is 41.1 Å². The zero-order valence-corrected chi connectivity index (χ0v) is 13.2. The molecule has 2 aromatic rings. The van der Waals surface area contributed by atoms with Crippen LogP contribution in [0, 0.1) is 6.92 Å². The summed E-state index contributed by atoms with van der Waals surface area (Å²) in [7, 11) is 0. The number of ketones is 1. The molecule has 0 spiro atoms. The molecule has 2 aromatic carbocycles. The van der Waals surface area contributed by atoms with E-state index < -0.39 is 0 Å². The number of nitrogens with one attached hydrogen (secondary N) is 2. The van der Waals surface area contributed by atoms with E-state index in [1.165, 1.54) is 5.56 Å². The molecule has 0 fully saturated rings. The number of anilines is 2. The lowest BCUT2D eigenvalue weighted by molar-refractivity contribution is -0.116. The van der Waals surface area contributed by atoms with Gasteiger partial charge in [-0.2, -0.15) is 0 Å². The summed E-state index contributed by atoms with van der Waals surface area (Å²) in [6, 6.07) is 16.5. The van der Waals surface area contributed by atoms with Gasteiger partial charge < -0.3 is 10.6 Å². The van der Waals surface area contributed by atoms with Gasteiger partial charge in [0.25, 0.3) is 0 Å². The molecule has 4 rings (SSSR count). The molecule has 0 radical (unpaired) electrons. The van der Waals surface area contributed by atoms with Crippen LogP contribution in [0.15, 0.2) is 59.8 Å². The van der Waals surface area contributed by atoms with E-state index in [4.69, 9.17) is 0 Å². The van der Waals surface area contributed by atoms with Gasteiger partial charge in [0.15, 0.2) is 5.78 Å². The minimum atomic E-state index is -0.0884. The van der Waals surface area contributed by atoms with Crippen molar-refractivity contribution in [1.29, 1.82) is 0 Å². The Morgan fingerprint density at radius 1 is 0.957 bits per heavy atom. The maximum Gasteiger partial charge on any atom is 0.163 e. The Hall–Kier alpha value is -2.55. The number of rotatable bonds is 1. The first kappa shape index (κ1) is 14.1. The van der Waals surface area contributed by atoms with E-state index >= 15 is 0 Å². The van der Waals surface area contributed by atoms with Crippen LogP contribution in [0.2, 0.25) is 0 Å². The van der Waals surface area contributed by atoms with Crippen molar-refractivity contribution in [1.82, 2.24) is 0 Å². The molecule has 0 saturated heterocycles. The fourth-order valence-electron chi connectivity index (χ4n) is 3.45. The normalized spacial score (nSPS) is 20.0. The molecule has 23 heavy (non-hydrogen) atoms. The van der Waals surface area contributed by atoms with Crippen LogP contribution >= 0.6 is 0 Å². The zero-order chi connectivity index (χ0) is 15.8. The molecule has 3 nitrogen and oxygen atoms in total. The van der Waals surface area contributed by atoms with Crippen molar-refractivity contribution in [2.24, 2.45) is 0 Å². The second-order valence-corrected chi connectivity index (χ2v) is 6.33. The van der Waals surface area contributed by atoms with Crippen molar-refractivity contribution in [3.63, 3.8) is 0 Å². The minimum absolute atomic E-state index is 0.0884. The van der Waals surface area contributed by atoms with Crippen molar-refractivity contribution in [2.75, 3.05) is 10.6 Å². The third-order valence-electron chi connectivity index (χ3n) is 4.67. The second-order valence-electron chi connectivity index (χ2n) is 6.33. The predicted molar refractivity (Wildman–Crippen MR) is 93.5 cm³/mol. The first-order valence-corrected chi connectivity index (χ1v) is 8.18. The molecule has 1 aliphatic carbocycles. The molecule has 1 atom stereocenters. The minimum Gasteiger partial charge on any atom is -0.372 e. The van der Waals surface area contributed by atoms with E-state index in [1.807, 2.05) is 12.1 Å². The highest BCUT2D eigenvalue weighted by Gasteiger charge is 2.31. The lowest BCUT2D eigenvalue weighted by Crippen LogP contribution is -2.23. The van der Waals surface area contributed by atoms with Crippen LogP contribution in [0.5, 0.6) is 0 Å². The largest absolute Gasteiger partial charge is 0.372 e. The number of carbonyl (C=O) groups excluding carboxylic acids is 1. The highest BCUT2D eigenvalue weighted by atomic mass is 16.1. The van der Waals surface area contributed by atoms with Gasteiger partial charge in [-0.25, -0.2) is 0 Å². The van der Waals surface area contributed by atoms with Gasteiger partial charge in [-0.3, -0.25) is 4.79 Å². The van der Waals surface area contributed by atoms with Crippen molar-refractivity contribution in [3.8, 4) is 0 Å². The highest BCUT2D eigenvalue weighted by molar-refractivity contribution is 6.00. The first-order valence-electron chi connectivity index (χ1n) is 8.18. The summed E-state index contributed by atoms with van der Waals surface area (Å²) in [5.41, 5.74) is 6.42. The molecule has 1 heterocycles. The third-order valence-corrected chi connectivity index (χ3v) is 4.67. The molecule has 3 heteroatoms. The number of allylic oxidation sites excluding steroid dienone is 1. The summed E-state index contributed by atoms with van der Waals surface area (Å²) >= 11 is 0. The standard InChI is InChI=1S/C20H20N2O/c1-13-9-11-14(12-10-13)20-19-17(7-4-8-18(19)23)21-15-5-2-3-6-16(15)22-20/h2-3,5-6,9-12,20-22H,4,7-8H2,1H3/t20-/m1/s1.